The fraction of sp³-hybridized carbons (Fsp3) is 0. The van der Waals surface area contributed by atoms with Crippen LogP contribution in [-0.4, -0.2) is 18.4 Å². The number of aromatic nitrogens is 1. The average Bonchev–Trinajstić information content (AvgIpc) is 2.04. The first-order valence-electron chi connectivity index (χ1n) is 2.77. The van der Waals surface area contributed by atoms with Crippen LogP contribution in [0.4, 0.5) is 11.5 Å². The zero-order chi connectivity index (χ0) is 7.40. The summed E-state index contributed by atoms with van der Waals surface area (Å²) >= 11 is 0. The normalized spacial score (nSPS) is 8.80. The third-order valence-electron chi connectivity index (χ3n) is 1.09. The Morgan fingerprint density at radius 3 is 2.60 bits per heavy atom. The van der Waals surface area contributed by atoms with Crippen molar-refractivity contribution in [2.24, 2.45) is 9.98 Å². The maximum Gasteiger partial charge on any atom is 0.177 e. The molecule has 50 valence electrons. The largest absolute Gasteiger partial charge is 0.261 e. The lowest BCUT2D eigenvalue weighted by Crippen LogP contribution is -1.71. The summed E-state index contributed by atoms with van der Waals surface area (Å²) in [6.07, 6.45) is 1.64. The van der Waals surface area contributed by atoms with Gasteiger partial charge in [-0.05, 0) is 25.6 Å². The summed E-state index contributed by atoms with van der Waals surface area (Å²) in [6, 6.07) is 3.56. The smallest absolute Gasteiger partial charge is 0.177 e. The first-order chi connectivity index (χ1) is 4.88. The summed E-state index contributed by atoms with van der Waals surface area (Å²) in [6.45, 7) is 6.70. The van der Waals surface area contributed by atoms with Crippen LogP contribution in [0.1, 0.15) is 0 Å². The van der Waals surface area contributed by atoms with E-state index in [0.29, 0.717) is 11.5 Å². The predicted octanol–water partition coefficient (Wildman–Crippen LogP) is 1.75. The van der Waals surface area contributed by atoms with Crippen molar-refractivity contribution >= 4 is 24.9 Å². The number of hydrogen-bond donors (Lipinski definition) is 0. The molecule has 0 aromatic carbocycles. The summed E-state index contributed by atoms with van der Waals surface area (Å²) in [4.78, 5) is 11.2. The number of aliphatic imine (C=N–C) groups is 2. The van der Waals surface area contributed by atoms with Gasteiger partial charge in [-0.15, -0.1) is 0 Å². The minimum Gasteiger partial charge on any atom is -0.261 e. The second-order valence-corrected chi connectivity index (χ2v) is 1.66. The molecule has 1 heterocycles. The van der Waals surface area contributed by atoms with Gasteiger partial charge in [-0.1, -0.05) is 0 Å². The standard InChI is InChI=1S/C7H7N3/c1-8-6-4-3-5-10-7(6)9-2/h3-5H,1-2H2. The molecule has 0 fully saturated rings. The Labute approximate surface area is 59.2 Å². The highest BCUT2D eigenvalue weighted by atomic mass is 14.9. The van der Waals surface area contributed by atoms with Crippen molar-refractivity contribution in [3.8, 4) is 0 Å². The van der Waals surface area contributed by atoms with E-state index < -0.39 is 0 Å². The van der Waals surface area contributed by atoms with Gasteiger partial charge in [0.1, 0.15) is 5.69 Å². The monoisotopic (exact) mass is 133 g/mol. The molecule has 0 radical (unpaired) electrons. The minimum atomic E-state index is 0.525. The van der Waals surface area contributed by atoms with Gasteiger partial charge in [-0.3, -0.25) is 4.99 Å². The van der Waals surface area contributed by atoms with Crippen molar-refractivity contribution in [2.45, 2.75) is 0 Å². The van der Waals surface area contributed by atoms with Crippen LogP contribution in [0, 0.1) is 0 Å². The van der Waals surface area contributed by atoms with Crippen molar-refractivity contribution in [1.29, 1.82) is 0 Å². The number of pyridine rings is 1. The molecule has 0 spiro atoms. The Morgan fingerprint density at radius 1 is 1.30 bits per heavy atom. The second kappa shape index (κ2) is 2.87. The summed E-state index contributed by atoms with van der Waals surface area (Å²) in [5.41, 5.74) is 0.664. The van der Waals surface area contributed by atoms with Crippen molar-refractivity contribution in [1.82, 2.24) is 4.98 Å². The Kier molecular flexibility index (Phi) is 1.89. The number of rotatable bonds is 2. The van der Waals surface area contributed by atoms with E-state index in [9.17, 15) is 0 Å². The molecule has 0 aliphatic rings. The van der Waals surface area contributed by atoms with E-state index in [2.05, 4.69) is 28.4 Å². The minimum absolute atomic E-state index is 0.525. The molecular formula is C7H7N3. The van der Waals surface area contributed by atoms with Gasteiger partial charge in [0.2, 0.25) is 0 Å². The molecule has 10 heavy (non-hydrogen) atoms. The summed E-state index contributed by atoms with van der Waals surface area (Å²) in [5, 5.41) is 0. The van der Waals surface area contributed by atoms with Crippen molar-refractivity contribution < 1.29 is 0 Å². The molecule has 1 aromatic rings. The Hall–Kier alpha value is -1.51. The topological polar surface area (TPSA) is 37.6 Å². The first-order valence-corrected chi connectivity index (χ1v) is 2.77. The third-order valence-corrected chi connectivity index (χ3v) is 1.09. The molecular weight excluding hydrogens is 126 g/mol. The third kappa shape index (κ3) is 1.07. The van der Waals surface area contributed by atoms with Crippen LogP contribution in [0.3, 0.4) is 0 Å². The van der Waals surface area contributed by atoms with Gasteiger partial charge < -0.3 is 0 Å². The lowest BCUT2D eigenvalue weighted by atomic mass is 10.4. The molecule has 0 bridgehead atoms. The highest BCUT2D eigenvalue weighted by molar-refractivity contribution is 5.61. The van der Waals surface area contributed by atoms with Crippen LogP contribution in [0.5, 0.6) is 0 Å². The average molecular weight is 133 g/mol. The van der Waals surface area contributed by atoms with Crippen LogP contribution < -0.4 is 0 Å². The zero-order valence-corrected chi connectivity index (χ0v) is 5.49. The van der Waals surface area contributed by atoms with Gasteiger partial charge in [0.15, 0.2) is 5.82 Å². The van der Waals surface area contributed by atoms with E-state index in [1.54, 1.807) is 18.3 Å². The molecule has 0 saturated heterocycles. The number of nitrogens with zero attached hydrogens (tertiary/aromatic N) is 3. The maximum absolute atomic E-state index is 3.91. The van der Waals surface area contributed by atoms with Gasteiger partial charge in [-0.2, -0.15) is 0 Å². The molecule has 0 unspecified atom stereocenters. The molecule has 0 amide bonds. The molecule has 0 aliphatic heterocycles. The quantitative estimate of drug-likeness (QED) is 0.566. The van der Waals surface area contributed by atoms with Crippen LogP contribution >= 0.6 is 0 Å². The zero-order valence-electron chi connectivity index (χ0n) is 5.49. The van der Waals surface area contributed by atoms with Crippen LogP contribution in [0.2, 0.25) is 0 Å². The highest BCUT2D eigenvalue weighted by Gasteiger charge is 1.94. The van der Waals surface area contributed by atoms with Gasteiger partial charge in [0.25, 0.3) is 0 Å². The van der Waals surface area contributed by atoms with Crippen molar-refractivity contribution in [2.75, 3.05) is 0 Å². The van der Waals surface area contributed by atoms with E-state index in [1.807, 2.05) is 0 Å². The summed E-state index contributed by atoms with van der Waals surface area (Å²) < 4.78 is 0. The molecule has 1 rings (SSSR count). The SMILES string of the molecule is C=Nc1cccnc1N=C. The van der Waals surface area contributed by atoms with E-state index in [-0.39, 0.29) is 0 Å². The van der Waals surface area contributed by atoms with Crippen LogP contribution in [0.25, 0.3) is 0 Å². The summed E-state index contributed by atoms with van der Waals surface area (Å²) in [7, 11) is 0. The molecule has 0 aliphatic carbocycles. The molecule has 3 heteroatoms. The fourth-order valence-corrected chi connectivity index (χ4v) is 0.634. The number of hydrogen-bond acceptors (Lipinski definition) is 3. The first kappa shape index (κ1) is 6.61. The molecule has 0 N–H and O–H groups in total. The van der Waals surface area contributed by atoms with E-state index >= 15 is 0 Å². The second-order valence-electron chi connectivity index (χ2n) is 1.66. The van der Waals surface area contributed by atoms with Gasteiger partial charge in [0, 0.05) is 6.20 Å². The van der Waals surface area contributed by atoms with Gasteiger partial charge in [-0.25, -0.2) is 9.98 Å². The van der Waals surface area contributed by atoms with Crippen molar-refractivity contribution in [3.05, 3.63) is 18.3 Å². The highest BCUT2D eigenvalue weighted by Crippen LogP contribution is 2.22. The van der Waals surface area contributed by atoms with Gasteiger partial charge in [0.05, 0.1) is 0 Å². The lowest BCUT2D eigenvalue weighted by molar-refractivity contribution is 1.27. The van der Waals surface area contributed by atoms with E-state index in [4.69, 9.17) is 0 Å². The van der Waals surface area contributed by atoms with Gasteiger partial charge >= 0.3 is 0 Å². The molecule has 0 atom stereocenters. The van der Waals surface area contributed by atoms with Crippen molar-refractivity contribution in [3.63, 3.8) is 0 Å². The maximum atomic E-state index is 3.91. The van der Waals surface area contributed by atoms with Crippen LogP contribution in [0.15, 0.2) is 28.3 Å². The molecule has 0 saturated carbocycles. The predicted molar refractivity (Wildman–Crippen MR) is 42.7 cm³/mol. The lowest BCUT2D eigenvalue weighted by Gasteiger charge is -1.93. The van der Waals surface area contributed by atoms with E-state index in [1.165, 1.54) is 0 Å². The Balaban J connectivity index is 3.20. The van der Waals surface area contributed by atoms with E-state index in [0.717, 1.165) is 0 Å². The Morgan fingerprint density at radius 2 is 2.10 bits per heavy atom. The molecule has 3 nitrogen and oxygen atoms in total. The summed E-state index contributed by atoms with van der Waals surface area (Å²) in [5.74, 6) is 0.525. The fourth-order valence-electron chi connectivity index (χ4n) is 0.634. The molecule has 1 aromatic heterocycles. The van der Waals surface area contributed by atoms with Crippen LogP contribution in [-0.2, 0) is 0 Å². The Bertz CT molecular complexity index is 228.